The van der Waals surface area contributed by atoms with E-state index < -0.39 is 0 Å². The smallest absolute Gasteiger partial charge is 0.228 e. The molecule has 0 bridgehead atoms. The van der Waals surface area contributed by atoms with Crippen LogP contribution in [0.25, 0.3) is 0 Å². The number of nitrogens with zero attached hydrogens (tertiary/aromatic N) is 4. The van der Waals surface area contributed by atoms with Crippen LogP contribution >= 0.6 is 0 Å². The van der Waals surface area contributed by atoms with Gasteiger partial charge in [-0.2, -0.15) is 4.98 Å². The molecule has 2 atom stereocenters. The van der Waals surface area contributed by atoms with Crippen LogP contribution in [-0.2, 0) is 6.61 Å². The summed E-state index contributed by atoms with van der Waals surface area (Å²) >= 11 is 0. The number of anilines is 1. The third-order valence-electron chi connectivity index (χ3n) is 4.34. The second kappa shape index (κ2) is 8.27. The van der Waals surface area contributed by atoms with E-state index in [2.05, 4.69) is 26.7 Å². The number of aliphatic hydroxyl groups excluding tert-OH is 1. The maximum atomic E-state index is 9.57. The van der Waals surface area contributed by atoms with Crippen LogP contribution in [-0.4, -0.2) is 58.3 Å². The van der Waals surface area contributed by atoms with Crippen molar-refractivity contribution in [1.82, 2.24) is 14.9 Å². The summed E-state index contributed by atoms with van der Waals surface area (Å²) in [5, 5.41) is 9.57. The van der Waals surface area contributed by atoms with Gasteiger partial charge < -0.3 is 14.7 Å². The zero-order chi connectivity index (χ0) is 17.6. The van der Waals surface area contributed by atoms with Gasteiger partial charge in [0.2, 0.25) is 11.8 Å². The lowest BCUT2D eigenvalue weighted by molar-refractivity contribution is 0.114. The molecule has 0 saturated carbocycles. The van der Waals surface area contributed by atoms with E-state index in [0.29, 0.717) is 25.0 Å². The largest absolute Gasteiger partial charge is 0.473 e. The van der Waals surface area contributed by atoms with Gasteiger partial charge in [-0.25, -0.2) is 4.98 Å². The van der Waals surface area contributed by atoms with Gasteiger partial charge in [-0.05, 0) is 19.4 Å². The molecular weight excluding hydrogens is 316 g/mol. The normalized spacial score (nSPS) is 19.6. The molecule has 6 nitrogen and oxygen atoms in total. The molecule has 25 heavy (non-hydrogen) atoms. The van der Waals surface area contributed by atoms with Gasteiger partial charge in [0, 0.05) is 44.5 Å². The molecule has 1 aliphatic heterocycles. The molecular formula is C19H26N4O2. The number of rotatable bonds is 6. The predicted octanol–water partition coefficient (Wildman–Crippen LogP) is 1.95. The third-order valence-corrected chi connectivity index (χ3v) is 4.34. The molecule has 0 amide bonds. The van der Waals surface area contributed by atoms with E-state index in [1.807, 2.05) is 37.3 Å². The van der Waals surface area contributed by atoms with Gasteiger partial charge >= 0.3 is 0 Å². The maximum Gasteiger partial charge on any atom is 0.228 e. The van der Waals surface area contributed by atoms with E-state index in [1.54, 1.807) is 12.3 Å². The Morgan fingerprint density at radius 1 is 1.24 bits per heavy atom. The van der Waals surface area contributed by atoms with E-state index in [1.165, 1.54) is 0 Å². The fraction of sp³-hybridized carbons (Fsp3) is 0.474. The number of hydrogen-bond donors (Lipinski definition) is 1. The van der Waals surface area contributed by atoms with Crippen molar-refractivity contribution in [3.63, 3.8) is 0 Å². The summed E-state index contributed by atoms with van der Waals surface area (Å²) in [6, 6.07) is 12.1. The second-order valence-electron chi connectivity index (χ2n) is 6.62. The fourth-order valence-electron chi connectivity index (χ4n) is 3.15. The first-order valence-corrected chi connectivity index (χ1v) is 8.78. The summed E-state index contributed by atoms with van der Waals surface area (Å²) in [7, 11) is 0. The molecule has 1 N–H and O–H groups in total. The second-order valence-corrected chi connectivity index (χ2v) is 6.62. The topological polar surface area (TPSA) is 61.7 Å². The number of hydrogen-bond acceptors (Lipinski definition) is 6. The highest BCUT2D eigenvalue weighted by Gasteiger charge is 2.26. The lowest BCUT2D eigenvalue weighted by atomic mass is 10.2. The molecule has 0 spiro atoms. The standard InChI is InChI=1S/C19H26N4O2/c1-15-12-22(13-16(2)24)10-11-23(15)19-20-9-8-18(21-19)25-14-17-6-4-3-5-7-17/h3-9,15-16,24H,10-14H2,1-2H3. The lowest BCUT2D eigenvalue weighted by Gasteiger charge is -2.40. The van der Waals surface area contributed by atoms with Gasteiger partial charge in [0.25, 0.3) is 0 Å². The minimum absolute atomic E-state index is 0.289. The molecule has 2 heterocycles. The summed E-state index contributed by atoms with van der Waals surface area (Å²) in [5.74, 6) is 1.29. The Morgan fingerprint density at radius 2 is 2.04 bits per heavy atom. The molecule has 1 fully saturated rings. The molecule has 0 radical (unpaired) electrons. The van der Waals surface area contributed by atoms with Crippen molar-refractivity contribution in [1.29, 1.82) is 0 Å². The summed E-state index contributed by atoms with van der Waals surface area (Å²) in [6.45, 7) is 7.82. The van der Waals surface area contributed by atoms with Gasteiger partial charge in [-0.3, -0.25) is 4.90 Å². The molecule has 134 valence electrons. The van der Waals surface area contributed by atoms with E-state index in [-0.39, 0.29) is 12.1 Å². The van der Waals surface area contributed by atoms with E-state index >= 15 is 0 Å². The number of piperazine rings is 1. The molecule has 2 unspecified atom stereocenters. The van der Waals surface area contributed by atoms with Gasteiger partial charge in [0.05, 0.1) is 6.10 Å². The Balaban J connectivity index is 1.61. The monoisotopic (exact) mass is 342 g/mol. The molecule has 2 aromatic rings. The van der Waals surface area contributed by atoms with Gasteiger partial charge in [-0.1, -0.05) is 30.3 Å². The van der Waals surface area contributed by atoms with Crippen LogP contribution in [0.3, 0.4) is 0 Å². The fourth-order valence-corrected chi connectivity index (χ4v) is 3.15. The quantitative estimate of drug-likeness (QED) is 0.866. The number of aliphatic hydroxyl groups is 1. The Hall–Kier alpha value is -2.18. The highest BCUT2D eigenvalue weighted by molar-refractivity contribution is 5.34. The predicted molar refractivity (Wildman–Crippen MR) is 97.7 cm³/mol. The highest BCUT2D eigenvalue weighted by atomic mass is 16.5. The van der Waals surface area contributed by atoms with E-state index in [4.69, 9.17) is 4.74 Å². The zero-order valence-corrected chi connectivity index (χ0v) is 14.9. The van der Waals surface area contributed by atoms with E-state index in [0.717, 1.165) is 25.2 Å². The molecule has 1 saturated heterocycles. The maximum absolute atomic E-state index is 9.57. The number of ether oxygens (including phenoxy) is 1. The van der Waals surface area contributed by atoms with Crippen LogP contribution < -0.4 is 9.64 Å². The molecule has 1 aliphatic rings. The van der Waals surface area contributed by atoms with Crippen molar-refractivity contribution in [2.75, 3.05) is 31.1 Å². The molecule has 0 aliphatic carbocycles. The van der Waals surface area contributed by atoms with Crippen LogP contribution in [0.2, 0.25) is 0 Å². The Bertz CT molecular complexity index is 665. The number of benzene rings is 1. The molecule has 1 aromatic carbocycles. The Labute approximate surface area is 149 Å². The molecule has 3 rings (SSSR count). The Kier molecular flexibility index (Phi) is 5.83. The van der Waals surface area contributed by atoms with Crippen molar-refractivity contribution in [3.8, 4) is 5.88 Å². The lowest BCUT2D eigenvalue weighted by Crippen LogP contribution is -2.53. The summed E-state index contributed by atoms with van der Waals surface area (Å²) in [6.07, 6.45) is 1.45. The van der Waals surface area contributed by atoms with Crippen molar-refractivity contribution < 1.29 is 9.84 Å². The van der Waals surface area contributed by atoms with Gasteiger partial charge in [0.15, 0.2) is 0 Å². The van der Waals surface area contributed by atoms with Crippen LogP contribution in [0.5, 0.6) is 5.88 Å². The Morgan fingerprint density at radius 3 is 2.76 bits per heavy atom. The van der Waals surface area contributed by atoms with E-state index in [9.17, 15) is 5.11 Å². The van der Waals surface area contributed by atoms with Gasteiger partial charge in [-0.15, -0.1) is 0 Å². The SMILES string of the molecule is CC(O)CN1CCN(c2nccc(OCc3ccccc3)n2)C(C)C1. The first kappa shape index (κ1) is 17.6. The van der Waals surface area contributed by atoms with Crippen LogP contribution in [0.1, 0.15) is 19.4 Å². The number of β-amino-alcohol motifs (C(OH)–C–C–N with tert-alkyl or cyclic N) is 1. The average Bonchev–Trinajstić information content (AvgIpc) is 2.61. The third kappa shape index (κ3) is 4.90. The van der Waals surface area contributed by atoms with Crippen LogP contribution in [0.15, 0.2) is 42.6 Å². The van der Waals surface area contributed by atoms with Crippen LogP contribution in [0, 0.1) is 0 Å². The van der Waals surface area contributed by atoms with Crippen molar-refractivity contribution in [2.45, 2.75) is 32.6 Å². The average molecular weight is 342 g/mol. The first-order chi connectivity index (χ1) is 12.1. The van der Waals surface area contributed by atoms with Crippen LogP contribution in [0.4, 0.5) is 5.95 Å². The summed E-state index contributed by atoms with van der Waals surface area (Å²) in [4.78, 5) is 13.5. The minimum atomic E-state index is -0.301. The highest BCUT2D eigenvalue weighted by Crippen LogP contribution is 2.19. The molecule has 1 aromatic heterocycles. The first-order valence-electron chi connectivity index (χ1n) is 8.78. The summed E-state index contributed by atoms with van der Waals surface area (Å²) < 4.78 is 5.81. The minimum Gasteiger partial charge on any atom is -0.473 e. The molecule has 6 heteroatoms. The van der Waals surface area contributed by atoms with Crippen molar-refractivity contribution in [2.24, 2.45) is 0 Å². The van der Waals surface area contributed by atoms with Crippen molar-refractivity contribution in [3.05, 3.63) is 48.2 Å². The summed E-state index contributed by atoms with van der Waals surface area (Å²) in [5.41, 5.74) is 1.11. The number of aromatic nitrogens is 2. The zero-order valence-electron chi connectivity index (χ0n) is 14.9. The van der Waals surface area contributed by atoms with Crippen molar-refractivity contribution >= 4 is 5.95 Å². The van der Waals surface area contributed by atoms with Gasteiger partial charge in [0.1, 0.15) is 6.61 Å².